The fourth-order valence-corrected chi connectivity index (χ4v) is 2.34. The molecule has 18 heavy (non-hydrogen) atoms. The summed E-state index contributed by atoms with van der Waals surface area (Å²) in [5.41, 5.74) is 1.70. The molecule has 0 saturated carbocycles. The van der Waals surface area contributed by atoms with E-state index in [-0.39, 0.29) is 11.8 Å². The predicted molar refractivity (Wildman–Crippen MR) is 67.9 cm³/mol. The molecule has 1 aromatic rings. The molecule has 0 bridgehead atoms. The number of fused-ring (bicyclic) bond motifs is 1. The molecule has 98 valence electrons. The Bertz CT molecular complexity index is 485. The van der Waals surface area contributed by atoms with Gasteiger partial charge >= 0.3 is 0 Å². The molecule has 1 amide bonds. The molecule has 4 heteroatoms. The van der Waals surface area contributed by atoms with Crippen molar-refractivity contribution in [1.29, 1.82) is 0 Å². The topological polar surface area (TPSA) is 49.3 Å². The van der Waals surface area contributed by atoms with E-state index in [4.69, 9.17) is 0 Å². The van der Waals surface area contributed by atoms with Crippen molar-refractivity contribution in [3.05, 3.63) is 29.1 Å². The molecule has 1 heterocycles. The lowest BCUT2D eigenvalue weighted by Gasteiger charge is -2.17. The van der Waals surface area contributed by atoms with Gasteiger partial charge in [0.15, 0.2) is 0 Å². The summed E-state index contributed by atoms with van der Waals surface area (Å²) in [6.45, 7) is 5.72. The van der Waals surface area contributed by atoms with Crippen molar-refractivity contribution in [3.63, 3.8) is 0 Å². The van der Waals surface area contributed by atoms with E-state index in [9.17, 15) is 14.3 Å². The summed E-state index contributed by atoms with van der Waals surface area (Å²) >= 11 is 0. The smallest absolute Gasteiger partial charge is 0.231 e. The Morgan fingerprint density at radius 3 is 2.72 bits per heavy atom. The molecule has 2 N–H and O–H groups in total. The highest BCUT2D eigenvalue weighted by molar-refractivity contribution is 6.03. The van der Waals surface area contributed by atoms with Crippen molar-refractivity contribution in [2.45, 2.75) is 39.2 Å². The third-order valence-corrected chi connectivity index (χ3v) is 3.33. The number of anilines is 1. The van der Waals surface area contributed by atoms with Crippen molar-refractivity contribution in [2.24, 2.45) is 5.92 Å². The first-order valence-electron chi connectivity index (χ1n) is 6.22. The van der Waals surface area contributed by atoms with Gasteiger partial charge in [0.2, 0.25) is 5.91 Å². The van der Waals surface area contributed by atoms with Crippen LogP contribution in [-0.2, 0) is 4.79 Å². The molecule has 0 spiro atoms. The maximum absolute atomic E-state index is 13.6. The number of carbonyl (C=O) groups is 1. The first-order chi connectivity index (χ1) is 8.40. The number of nitrogens with one attached hydrogen (secondary N) is 1. The van der Waals surface area contributed by atoms with Crippen LogP contribution in [0.5, 0.6) is 0 Å². The Morgan fingerprint density at radius 2 is 2.11 bits per heavy atom. The average Bonchev–Trinajstić information content (AvgIpc) is 2.54. The maximum Gasteiger partial charge on any atom is 0.231 e. The Balaban J connectivity index is 2.44. The van der Waals surface area contributed by atoms with Crippen LogP contribution in [0.3, 0.4) is 0 Å². The Kier molecular flexibility index (Phi) is 3.39. The molecule has 0 aliphatic carbocycles. The van der Waals surface area contributed by atoms with E-state index in [0.29, 0.717) is 29.2 Å². The van der Waals surface area contributed by atoms with E-state index in [1.807, 2.05) is 13.8 Å². The third kappa shape index (κ3) is 2.25. The molecule has 0 radical (unpaired) electrons. The van der Waals surface area contributed by atoms with Gasteiger partial charge in [0.05, 0.1) is 17.7 Å². The molecule has 1 aliphatic rings. The van der Waals surface area contributed by atoms with Crippen molar-refractivity contribution in [1.82, 2.24) is 0 Å². The Labute approximate surface area is 106 Å². The summed E-state index contributed by atoms with van der Waals surface area (Å²) in [5.74, 6) is -0.613. The van der Waals surface area contributed by atoms with E-state index < -0.39 is 11.9 Å². The molecule has 2 rings (SSSR count). The highest BCUT2D eigenvalue weighted by Crippen LogP contribution is 2.39. The van der Waals surface area contributed by atoms with Gasteiger partial charge in [-0.05, 0) is 37.0 Å². The van der Waals surface area contributed by atoms with E-state index in [2.05, 4.69) is 5.32 Å². The first kappa shape index (κ1) is 13.0. The number of amides is 1. The van der Waals surface area contributed by atoms with Crippen LogP contribution >= 0.6 is 0 Å². The minimum absolute atomic E-state index is 0.145. The van der Waals surface area contributed by atoms with Gasteiger partial charge in [-0.15, -0.1) is 0 Å². The lowest BCUT2D eigenvalue weighted by Crippen LogP contribution is -2.10. The lowest BCUT2D eigenvalue weighted by molar-refractivity contribution is -0.116. The highest BCUT2D eigenvalue weighted by Gasteiger charge is 2.31. The van der Waals surface area contributed by atoms with Gasteiger partial charge in [-0.2, -0.15) is 0 Å². The van der Waals surface area contributed by atoms with Gasteiger partial charge in [-0.1, -0.05) is 13.8 Å². The van der Waals surface area contributed by atoms with Gasteiger partial charge in [-0.3, -0.25) is 4.79 Å². The molecule has 2 unspecified atom stereocenters. The number of aliphatic hydroxyl groups excluding tert-OH is 1. The largest absolute Gasteiger partial charge is 0.388 e. The quantitative estimate of drug-likeness (QED) is 0.867. The molecule has 3 nitrogen and oxygen atoms in total. The molecule has 0 aromatic heterocycles. The number of halogens is 1. The van der Waals surface area contributed by atoms with Crippen LogP contribution in [0.15, 0.2) is 12.1 Å². The van der Waals surface area contributed by atoms with Gasteiger partial charge < -0.3 is 10.4 Å². The van der Waals surface area contributed by atoms with Crippen LogP contribution in [0, 0.1) is 11.7 Å². The minimum Gasteiger partial charge on any atom is -0.388 e. The maximum atomic E-state index is 13.6. The van der Waals surface area contributed by atoms with Crippen LogP contribution in [0.2, 0.25) is 0 Å². The molecule has 0 fully saturated rings. The Hall–Kier alpha value is -1.42. The van der Waals surface area contributed by atoms with Crippen molar-refractivity contribution in [2.75, 3.05) is 5.32 Å². The number of benzene rings is 1. The zero-order chi connectivity index (χ0) is 13.4. The van der Waals surface area contributed by atoms with E-state index in [1.54, 1.807) is 6.92 Å². The predicted octanol–water partition coefficient (Wildman–Crippen LogP) is 2.96. The normalized spacial score (nSPS) is 19.9. The second kappa shape index (κ2) is 4.69. The molecular weight excluding hydrogens is 233 g/mol. The van der Waals surface area contributed by atoms with Crippen molar-refractivity contribution >= 4 is 11.6 Å². The fraction of sp³-hybridized carbons (Fsp3) is 0.500. The van der Waals surface area contributed by atoms with Crippen LogP contribution in [0.4, 0.5) is 10.1 Å². The number of hydrogen-bond acceptors (Lipinski definition) is 2. The molecular formula is C14H18FNO2. The SMILES string of the molecule is CC(C)CC(O)c1cc(F)cc2c1NC(=O)C2C. The molecule has 0 saturated heterocycles. The van der Waals surface area contributed by atoms with Crippen LogP contribution in [-0.4, -0.2) is 11.0 Å². The minimum atomic E-state index is -0.750. The van der Waals surface area contributed by atoms with Crippen LogP contribution in [0.25, 0.3) is 0 Å². The highest BCUT2D eigenvalue weighted by atomic mass is 19.1. The third-order valence-electron chi connectivity index (χ3n) is 3.33. The summed E-state index contributed by atoms with van der Waals surface area (Å²) in [5, 5.41) is 12.9. The van der Waals surface area contributed by atoms with Gasteiger partial charge in [0.25, 0.3) is 0 Å². The molecule has 1 aromatic carbocycles. The summed E-state index contributed by atoms with van der Waals surface area (Å²) < 4.78 is 13.6. The van der Waals surface area contributed by atoms with Crippen molar-refractivity contribution < 1.29 is 14.3 Å². The van der Waals surface area contributed by atoms with E-state index >= 15 is 0 Å². The summed E-state index contributed by atoms with van der Waals surface area (Å²) in [7, 11) is 0. The lowest BCUT2D eigenvalue weighted by atomic mass is 9.94. The summed E-state index contributed by atoms with van der Waals surface area (Å²) in [4.78, 5) is 11.6. The Morgan fingerprint density at radius 1 is 1.44 bits per heavy atom. The monoisotopic (exact) mass is 251 g/mol. The summed E-state index contributed by atoms with van der Waals surface area (Å²) in [6, 6.07) is 2.67. The zero-order valence-corrected chi connectivity index (χ0v) is 10.8. The van der Waals surface area contributed by atoms with Gasteiger partial charge in [-0.25, -0.2) is 4.39 Å². The van der Waals surface area contributed by atoms with Gasteiger partial charge in [0, 0.05) is 5.56 Å². The zero-order valence-electron chi connectivity index (χ0n) is 10.8. The van der Waals surface area contributed by atoms with E-state index in [0.717, 1.165) is 0 Å². The fourth-order valence-electron chi connectivity index (χ4n) is 2.34. The number of hydrogen-bond donors (Lipinski definition) is 2. The standard InChI is InChI=1S/C14H18FNO2/c1-7(2)4-12(17)11-6-9(15)5-10-8(3)14(18)16-13(10)11/h5-8,12,17H,4H2,1-3H3,(H,16,18). The number of aliphatic hydroxyl groups is 1. The second-order valence-corrected chi connectivity index (χ2v) is 5.32. The van der Waals surface area contributed by atoms with Gasteiger partial charge in [0.1, 0.15) is 5.82 Å². The second-order valence-electron chi connectivity index (χ2n) is 5.32. The summed E-state index contributed by atoms with van der Waals surface area (Å²) in [6.07, 6.45) is -0.208. The van der Waals surface area contributed by atoms with Crippen LogP contribution < -0.4 is 5.32 Å². The van der Waals surface area contributed by atoms with Crippen molar-refractivity contribution in [3.8, 4) is 0 Å². The molecule has 2 atom stereocenters. The average molecular weight is 251 g/mol. The first-order valence-corrected chi connectivity index (χ1v) is 6.22. The molecule has 1 aliphatic heterocycles. The van der Waals surface area contributed by atoms with Crippen LogP contribution in [0.1, 0.15) is 50.3 Å². The number of rotatable bonds is 3. The van der Waals surface area contributed by atoms with E-state index in [1.165, 1.54) is 12.1 Å². The number of carbonyl (C=O) groups excluding carboxylic acids is 1.